The average Bonchev–Trinajstić information content (AvgIpc) is 2.18. The minimum atomic E-state index is -3.49. The average molecular weight is 294 g/mol. The third-order valence-corrected chi connectivity index (χ3v) is 3.51. The summed E-state index contributed by atoms with van der Waals surface area (Å²) < 4.78 is 27.4. The number of hydrogen-bond donors (Lipinski definition) is 2. The van der Waals surface area contributed by atoms with E-state index in [4.69, 9.17) is 23.1 Å². The monoisotopic (exact) mass is 293 g/mol. The molecule has 4 N–H and O–H groups in total. The summed E-state index contributed by atoms with van der Waals surface area (Å²) in [6.07, 6.45) is 0.285. The topological polar surface area (TPSA) is 125 Å². The van der Waals surface area contributed by atoms with Gasteiger partial charge in [-0.05, 0) is 11.6 Å². The number of sulfone groups is 1. The van der Waals surface area contributed by atoms with Gasteiger partial charge >= 0.3 is 6.09 Å². The van der Waals surface area contributed by atoms with Crippen LogP contribution in [0.25, 0.3) is 0 Å². The van der Waals surface area contributed by atoms with Gasteiger partial charge in [-0.2, -0.15) is 0 Å². The summed E-state index contributed by atoms with van der Waals surface area (Å²) in [5.74, 6) is -0.165. The van der Waals surface area contributed by atoms with Gasteiger partial charge in [0.25, 0.3) is 0 Å². The maximum absolute atomic E-state index is 11.4. The molecule has 0 aliphatic rings. The SMILES string of the molecule is CS(=O)(=O)c1cc(CCOC(N)=O)c(Cl)nc1N. The van der Waals surface area contributed by atoms with Crippen molar-refractivity contribution in [2.75, 3.05) is 18.6 Å². The minimum Gasteiger partial charge on any atom is -0.449 e. The van der Waals surface area contributed by atoms with Crippen molar-refractivity contribution in [3.8, 4) is 0 Å². The second kappa shape index (κ2) is 5.40. The highest BCUT2D eigenvalue weighted by Crippen LogP contribution is 2.23. The molecule has 1 aromatic heterocycles. The lowest BCUT2D eigenvalue weighted by Gasteiger charge is -2.08. The van der Waals surface area contributed by atoms with E-state index in [9.17, 15) is 13.2 Å². The molecule has 7 nitrogen and oxygen atoms in total. The fourth-order valence-corrected chi connectivity index (χ4v) is 2.28. The molecule has 0 fully saturated rings. The predicted molar refractivity (Wildman–Crippen MR) is 66.0 cm³/mol. The third-order valence-electron chi connectivity index (χ3n) is 2.06. The summed E-state index contributed by atoms with van der Waals surface area (Å²) in [7, 11) is -3.49. The van der Waals surface area contributed by atoms with Gasteiger partial charge in [-0.15, -0.1) is 0 Å². The van der Waals surface area contributed by atoms with Crippen molar-refractivity contribution in [1.29, 1.82) is 0 Å². The number of nitrogens with zero attached hydrogens (tertiary/aromatic N) is 1. The second-order valence-electron chi connectivity index (χ2n) is 3.51. The normalized spacial score (nSPS) is 11.2. The molecule has 0 radical (unpaired) electrons. The largest absolute Gasteiger partial charge is 0.449 e. The van der Waals surface area contributed by atoms with E-state index in [0.29, 0.717) is 5.56 Å². The smallest absolute Gasteiger partial charge is 0.404 e. The summed E-state index contributed by atoms with van der Waals surface area (Å²) in [5, 5.41) is 0.0629. The lowest BCUT2D eigenvalue weighted by molar-refractivity contribution is 0.158. The highest BCUT2D eigenvalue weighted by Gasteiger charge is 2.16. The number of primary amides is 1. The van der Waals surface area contributed by atoms with Crippen molar-refractivity contribution in [1.82, 2.24) is 4.98 Å². The Kier molecular flexibility index (Phi) is 4.36. The van der Waals surface area contributed by atoms with Gasteiger partial charge in [-0.1, -0.05) is 11.6 Å². The maximum Gasteiger partial charge on any atom is 0.404 e. The molecule has 0 saturated carbocycles. The molecule has 0 aliphatic carbocycles. The molecule has 18 heavy (non-hydrogen) atoms. The maximum atomic E-state index is 11.4. The number of carbonyl (C=O) groups excluding carboxylic acids is 1. The van der Waals surface area contributed by atoms with Crippen LogP contribution in [0.5, 0.6) is 0 Å². The zero-order valence-corrected chi connectivity index (χ0v) is 11.1. The Morgan fingerprint density at radius 1 is 1.56 bits per heavy atom. The Morgan fingerprint density at radius 2 is 2.17 bits per heavy atom. The second-order valence-corrected chi connectivity index (χ2v) is 5.85. The minimum absolute atomic E-state index is 0.0240. The van der Waals surface area contributed by atoms with Crippen LogP contribution in [0.3, 0.4) is 0 Å². The van der Waals surface area contributed by atoms with E-state index in [1.807, 2.05) is 0 Å². The number of carbonyl (C=O) groups is 1. The Balaban J connectivity index is 3.02. The number of rotatable bonds is 4. The van der Waals surface area contributed by atoms with Crippen LogP contribution in [-0.4, -0.2) is 32.4 Å². The molecule has 1 heterocycles. The molecule has 1 rings (SSSR count). The zero-order chi connectivity index (χ0) is 13.9. The fourth-order valence-electron chi connectivity index (χ4n) is 1.26. The molecule has 0 atom stereocenters. The predicted octanol–water partition coefficient (Wildman–Crippen LogP) is 0.359. The van der Waals surface area contributed by atoms with Crippen molar-refractivity contribution in [2.45, 2.75) is 11.3 Å². The van der Waals surface area contributed by atoms with E-state index < -0.39 is 15.9 Å². The number of amides is 1. The van der Waals surface area contributed by atoms with E-state index >= 15 is 0 Å². The molecule has 0 aliphatic heterocycles. The third kappa shape index (κ3) is 3.74. The van der Waals surface area contributed by atoms with Gasteiger partial charge in [0, 0.05) is 12.7 Å². The molecular formula is C9H12ClN3O4S. The van der Waals surface area contributed by atoms with E-state index in [0.717, 1.165) is 6.26 Å². The van der Waals surface area contributed by atoms with Crippen LogP contribution in [0, 0.1) is 0 Å². The van der Waals surface area contributed by atoms with Crippen LogP contribution in [-0.2, 0) is 21.0 Å². The summed E-state index contributed by atoms with van der Waals surface area (Å²) in [6, 6.07) is 1.31. The van der Waals surface area contributed by atoms with E-state index in [1.165, 1.54) is 6.07 Å². The van der Waals surface area contributed by atoms with Gasteiger partial charge < -0.3 is 16.2 Å². The summed E-state index contributed by atoms with van der Waals surface area (Å²) in [4.78, 5) is 14.0. The van der Waals surface area contributed by atoms with Crippen LogP contribution < -0.4 is 11.5 Å². The molecule has 1 amide bonds. The molecular weight excluding hydrogens is 282 g/mol. The first-order chi connectivity index (χ1) is 8.21. The lowest BCUT2D eigenvalue weighted by atomic mass is 10.2. The van der Waals surface area contributed by atoms with Crippen molar-refractivity contribution in [2.24, 2.45) is 5.73 Å². The van der Waals surface area contributed by atoms with Gasteiger partial charge in [-0.3, -0.25) is 0 Å². The van der Waals surface area contributed by atoms with Crippen molar-refractivity contribution in [3.05, 3.63) is 16.8 Å². The summed E-state index contributed by atoms with van der Waals surface area (Å²) >= 11 is 5.81. The van der Waals surface area contributed by atoms with Gasteiger partial charge in [0.05, 0.1) is 6.61 Å². The molecule has 1 aromatic rings. The van der Waals surface area contributed by atoms with Gasteiger partial charge in [0.2, 0.25) is 0 Å². The first kappa shape index (κ1) is 14.5. The van der Waals surface area contributed by atoms with Crippen LogP contribution >= 0.6 is 11.6 Å². The molecule has 0 bridgehead atoms. The summed E-state index contributed by atoms with van der Waals surface area (Å²) in [6.45, 7) is -0.0240. The Bertz CT molecular complexity index is 573. The summed E-state index contributed by atoms with van der Waals surface area (Å²) in [5.41, 5.74) is 10.7. The van der Waals surface area contributed by atoms with Gasteiger partial charge in [-0.25, -0.2) is 18.2 Å². The lowest BCUT2D eigenvalue weighted by Crippen LogP contribution is -2.15. The van der Waals surface area contributed by atoms with Crippen molar-refractivity contribution in [3.63, 3.8) is 0 Å². The number of halogens is 1. The number of hydrogen-bond acceptors (Lipinski definition) is 6. The highest BCUT2D eigenvalue weighted by molar-refractivity contribution is 7.90. The van der Waals surface area contributed by atoms with Crippen LogP contribution in [0.1, 0.15) is 5.56 Å². The number of anilines is 1. The number of nitrogens with two attached hydrogens (primary N) is 2. The fraction of sp³-hybridized carbons (Fsp3) is 0.333. The number of ether oxygens (including phenoxy) is 1. The Labute approximate surface area is 109 Å². The van der Waals surface area contributed by atoms with Crippen molar-refractivity contribution >= 4 is 33.3 Å². The highest BCUT2D eigenvalue weighted by atomic mass is 35.5. The van der Waals surface area contributed by atoms with Gasteiger partial charge in [0.1, 0.15) is 15.9 Å². The molecule has 0 spiro atoms. The van der Waals surface area contributed by atoms with Crippen molar-refractivity contribution < 1.29 is 17.9 Å². The van der Waals surface area contributed by atoms with E-state index in [1.54, 1.807) is 0 Å². The molecule has 0 saturated heterocycles. The number of pyridine rings is 1. The van der Waals surface area contributed by atoms with Crippen LogP contribution in [0.4, 0.5) is 10.6 Å². The zero-order valence-electron chi connectivity index (χ0n) is 9.51. The quantitative estimate of drug-likeness (QED) is 0.772. The first-order valence-electron chi connectivity index (χ1n) is 4.79. The van der Waals surface area contributed by atoms with E-state index in [-0.39, 0.29) is 28.9 Å². The number of nitrogen functional groups attached to an aromatic ring is 1. The Morgan fingerprint density at radius 3 is 2.67 bits per heavy atom. The van der Waals surface area contributed by atoms with E-state index in [2.05, 4.69) is 9.72 Å². The number of aromatic nitrogens is 1. The van der Waals surface area contributed by atoms with Crippen LogP contribution in [0.15, 0.2) is 11.0 Å². The van der Waals surface area contributed by atoms with Gasteiger partial charge in [0.15, 0.2) is 9.84 Å². The Hall–Kier alpha value is -1.54. The first-order valence-corrected chi connectivity index (χ1v) is 7.06. The van der Waals surface area contributed by atoms with Crippen LogP contribution in [0.2, 0.25) is 5.15 Å². The molecule has 0 unspecified atom stereocenters. The standard InChI is InChI=1S/C9H12ClN3O4S/c1-18(15,16)6-4-5(2-3-17-9(12)14)7(10)13-8(6)11/h4H,2-3H2,1H3,(H2,11,13)(H2,12,14). The molecule has 9 heteroatoms. The molecule has 100 valence electrons. The molecule has 0 aromatic carbocycles.